The molecule has 0 spiro atoms. The Kier molecular flexibility index (Phi) is 5.77. The number of likely N-dealkylation sites (tertiary alicyclic amines) is 1. The second kappa shape index (κ2) is 7.10. The molecule has 1 atom stereocenters. The van der Waals surface area contributed by atoms with Gasteiger partial charge >= 0.3 is 5.97 Å². The molecule has 1 heterocycles. The maximum absolute atomic E-state index is 11.7. The summed E-state index contributed by atoms with van der Waals surface area (Å²) in [6, 6.07) is 1.95. The van der Waals surface area contributed by atoms with Crippen molar-refractivity contribution in [2.24, 2.45) is 0 Å². The molecule has 1 aliphatic heterocycles. The summed E-state index contributed by atoms with van der Waals surface area (Å²) in [5.74, 6) is -1.05. The summed E-state index contributed by atoms with van der Waals surface area (Å²) in [7, 11) is 0. The summed E-state index contributed by atoms with van der Waals surface area (Å²) in [5, 5.41) is 20.5. The SMILES string of the molecule is CCCC1(C(=O)O)CCCN1CC(=O)NCCC#N. The molecule has 1 saturated heterocycles. The van der Waals surface area contributed by atoms with Crippen LogP contribution in [0.5, 0.6) is 0 Å². The van der Waals surface area contributed by atoms with Gasteiger partial charge in [0.05, 0.1) is 19.0 Å². The van der Waals surface area contributed by atoms with Gasteiger partial charge in [-0.1, -0.05) is 13.3 Å². The number of carbonyl (C=O) groups is 2. The molecule has 19 heavy (non-hydrogen) atoms. The van der Waals surface area contributed by atoms with E-state index in [4.69, 9.17) is 5.26 Å². The molecule has 0 aromatic heterocycles. The normalized spacial score (nSPS) is 22.9. The van der Waals surface area contributed by atoms with Crippen molar-refractivity contribution in [3.8, 4) is 6.07 Å². The highest BCUT2D eigenvalue weighted by Crippen LogP contribution is 2.33. The number of aliphatic carboxylic acids is 1. The Morgan fingerprint density at radius 3 is 2.84 bits per heavy atom. The van der Waals surface area contributed by atoms with Crippen LogP contribution in [-0.2, 0) is 9.59 Å². The summed E-state index contributed by atoms with van der Waals surface area (Å²) >= 11 is 0. The van der Waals surface area contributed by atoms with Crippen LogP contribution in [0.1, 0.15) is 39.0 Å². The summed E-state index contributed by atoms with van der Waals surface area (Å²) in [6.07, 6.45) is 3.01. The van der Waals surface area contributed by atoms with Crippen molar-refractivity contribution in [2.75, 3.05) is 19.6 Å². The number of hydrogen-bond acceptors (Lipinski definition) is 4. The molecule has 6 heteroatoms. The predicted octanol–water partition coefficient (Wildman–Crippen LogP) is 0.736. The van der Waals surface area contributed by atoms with E-state index in [9.17, 15) is 14.7 Å². The first-order valence-electron chi connectivity index (χ1n) is 6.69. The molecule has 0 radical (unpaired) electrons. The lowest BCUT2D eigenvalue weighted by molar-refractivity contribution is -0.151. The lowest BCUT2D eigenvalue weighted by Crippen LogP contribution is -2.53. The molecule has 1 aliphatic rings. The third kappa shape index (κ3) is 3.67. The van der Waals surface area contributed by atoms with Crippen LogP contribution in [0.4, 0.5) is 0 Å². The van der Waals surface area contributed by atoms with Crippen LogP contribution < -0.4 is 5.32 Å². The number of nitrogens with zero attached hydrogens (tertiary/aromatic N) is 2. The van der Waals surface area contributed by atoms with E-state index in [1.807, 2.05) is 13.0 Å². The first-order chi connectivity index (χ1) is 9.06. The molecular weight excluding hydrogens is 246 g/mol. The Morgan fingerprint density at radius 2 is 2.26 bits per heavy atom. The molecular formula is C13H21N3O3. The fourth-order valence-electron chi connectivity index (χ4n) is 2.70. The fraction of sp³-hybridized carbons (Fsp3) is 0.769. The second-order valence-electron chi connectivity index (χ2n) is 4.87. The molecule has 1 unspecified atom stereocenters. The number of nitriles is 1. The zero-order valence-corrected chi connectivity index (χ0v) is 11.3. The highest BCUT2D eigenvalue weighted by atomic mass is 16.4. The van der Waals surface area contributed by atoms with Gasteiger partial charge in [0.1, 0.15) is 5.54 Å². The van der Waals surface area contributed by atoms with E-state index >= 15 is 0 Å². The highest BCUT2D eigenvalue weighted by Gasteiger charge is 2.47. The lowest BCUT2D eigenvalue weighted by atomic mass is 9.90. The number of carboxylic acid groups (broad SMARTS) is 1. The topological polar surface area (TPSA) is 93.4 Å². The first kappa shape index (κ1) is 15.4. The molecule has 1 fully saturated rings. The van der Waals surface area contributed by atoms with E-state index in [1.165, 1.54) is 0 Å². The maximum atomic E-state index is 11.7. The van der Waals surface area contributed by atoms with E-state index in [2.05, 4.69) is 5.32 Å². The Balaban J connectivity index is 2.62. The van der Waals surface area contributed by atoms with Crippen molar-refractivity contribution in [3.05, 3.63) is 0 Å². The average Bonchev–Trinajstić information content (AvgIpc) is 2.74. The van der Waals surface area contributed by atoms with Gasteiger partial charge in [0.25, 0.3) is 0 Å². The molecule has 6 nitrogen and oxygen atoms in total. The third-order valence-corrected chi connectivity index (χ3v) is 3.58. The summed E-state index contributed by atoms with van der Waals surface area (Å²) in [6.45, 7) is 3.00. The van der Waals surface area contributed by atoms with Crippen molar-refractivity contribution in [2.45, 2.75) is 44.6 Å². The van der Waals surface area contributed by atoms with Gasteiger partial charge in [0, 0.05) is 6.54 Å². The minimum atomic E-state index is -0.888. The first-order valence-corrected chi connectivity index (χ1v) is 6.69. The summed E-state index contributed by atoms with van der Waals surface area (Å²) in [5.41, 5.74) is -0.888. The van der Waals surface area contributed by atoms with Crippen molar-refractivity contribution >= 4 is 11.9 Å². The minimum Gasteiger partial charge on any atom is -0.480 e. The Labute approximate surface area is 113 Å². The fourth-order valence-corrected chi connectivity index (χ4v) is 2.70. The van der Waals surface area contributed by atoms with Gasteiger partial charge in [0.2, 0.25) is 5.91 Å². The van der Waals surface area contributed by atoms with E-state index in [1.54, 1.807) is 4.90 Å². The Bertz CT molecular complexity index is 378. The van der Waals surface area contributed by atoms with Crippen molar-refractivity contribution < 1.29 is 14.7 Å². The van der Waals surface area contributed by atoms with E-state index in [0.29, 0.717) is 25.9 Å². The van der Waals surface area contributed by atoms with Crippen LogP contribution in [0, 0.1) is 11.3 Å². The maximum Gasteiger partial charge on any atom is 0.324 e. The third-order valence-electron chi connectivity index (χ3n) is 3.58. The zero-order chi connectivity index (χ0) is 14.3. The average molecular weight is 267 g/mol. The van der Waals surface area contributed by atoms with E-state index < -0.39 is 11.5 Å². The van der Waals surface area contributed by atoms with Crippen molar-refractivity contribution in [1.82, 2.24) is 10.2 Å². The van der Waals surface area contributed by atoms with Crippen LogP contribution in [0.2, 0.25) is 0 Å². The van der Waals surface area contributed by atoms with E-state index in [0.717, 1.165) is 12.8 Å². The summed E-state index contributed by atoms with van der Waals surface area (Å²) < 4.78 is 0. The molecule has 0 saturated carbocycles. The van der Waals surface area contributed by atoms with Gasteiger partial charge < -0.3 is 10.4 Å². The zero-order valence-electron chi connectivity index (χ0n) is 11.3. The van der Waals surface area contributed by atoms with Gasteiger partial charge in [-0.3, -0.25) is 14.5 Å². The molecule has 0 bridgehead atoms. The van der Waals surface area contributed by atoms with Crippen LogP contribution in [0.3, 0.4) is 0 Å². The largest absolute Gasteiger partial charge is 0.480 e. The number of hydrogen-bond donors (Lipinski definition) is 2. The van der Waals surface area contributed by atoms with Gasteiger partial charge in [0.15, 0.2) is 0 Å². The minimum absolute atomic E-state index is 0.0950. The number of amides is 1. The molecule has 1 rings (SSSR count). The van der Waals surface area contributed by atoms with Crippen LogP contribution in [-0.4, -0.2) is 47.1 Å². The van der Waals surface area contributed by atoms with E-state index in [-0.39, 0.29) is 18.9 Å². The molecule has 2 N–H and O–H groups in total. The molecule has 0 aliphatic carbocycles. The lowest BCUT2D eigenvalue weighted by Gasteiger charge is -2.34. The van der Waals surface area contributed by atoms with Gasteiger partial charge in [-0.05, 0) is 25.8 Å². The predicted molar refractivity (Wildman–Crippen MR) is 69.3 cm³/mol. The number of carboxylic acids is 1. The number of rotatable bonds is 7. The number of carbonyl (C=O) groups excluding carboxylic acids is 1. The highest BCUT2D eigenvalue weighted by molar-refractivity contribution is 5.82. The molecule has 106 valence electrons. The number of nitrogens with one attached hydrogen (secondary N) is 1. The van der Waals surface area contributed by atoms with Crippen molar-refractivity contribution in [3.63, 3.8) is 0 Å². The second-order valence-corrected chi connectivity index (χ2v) is 4.87. The Morgan fingerprint density at radius 1 is 1.53 bits per heavy atom. The molecule has 0 aromatic rings. The quantitative estimate of drug-likeness (QED) is 0.663. The smallest absolute Gasteiger partial charge is 0.324 e. The monoisotopic (exact) mass is 267 g/mol. The van der Waals surface area contributed by atoms with Crippen LogP contribution in [0.15, 0.2) is 0 Å². The summed E-state index contributed by atoms with van der Waals surface area (Å²) in [4.78, 5) is 25.0. The van der Waals surface area contributed by atoms with Gasteiger partial charge in [-0.15, -0.1) is 0 Å². The van der Waals surface area contributed by atoms with Gasteiger partial charge in [-0.2, -0.15) is 5.26 Å². The van der Waals surface area contributed by atoms with Crippen LogP contribution in [0.25, 0.3) is 0 Å². The molecule has 0 aromatic carbocycles. The standard InChI is InChI=1S/C13H21N3O3/c1-2-5-13(12(18)19)6-3-9-16(13)10-11(17)15-8-4-7-14/h2-6,8-10H2,1H3,(H,15,17)(H,18,19). The van der Waals surface area contributed by atoms with Gasteiger partial charge in [-0.25, -0.2) is 0 Å². The molecule has 1 amide bonds. The van der Waals surface area contributed by atoms with Crippen molar-refractivity contribution in [1.29, 1.82) is 5.26 Å². The van der Waals surface area contributed by atoms with Crippen LogP contribution >= 0.6 is 0 Å². The Hall–Kier alpha value is -1.61.